The Hall–Kier alpha value is -1.57. The van der Waals surface area contributed by atoms with E-state index < -0.39 is 0 Å². The molecule has 2 aromatic rings. The number of halogens is 1. The molecule has 0 saturated heterocycles. The number of rotatable bonds is 7. The predicted molar refractivity (Wildman–Crippen MR) is 120 cm³/mol. The van der Waals surface area contributed by atoms with E-state index in [2.05, 4.69) is 74.2 Å². The highest BCUT2D eigenvalue weighted by atomic mass is 127. The summed E-state index contributed by atoms with van der Waals surface area (Å²) in [5.41, 5.74) is 4.70. The second-order valence-electron chi connectivity index (χ2n) is 6.44. The van der Waals surface area contributed by atoms with Gasteiger partial charge in [0.05, 0.1) is 18.8 Å². The highest BCUT2D eigenvalue weighted by Gasteiger charge is 2.12. The number of benzene rings is 1. The third-order valence-corrected chi connectivity index (χ3v) is 4.44. The molecule has 2 N–H and O–H groups in total. The SMILES string of the molecule is CCNC(=NCc1c(C)nn(Cc2ccccc2)c1C)NC(C)CC.I. The van der Waals surface area contributed by atoms with Gasteiger partial charge in [0.1, 0.15) is 0 Å². The Bertz CT molecular complexity index is 694. The molecule has 1 heterocycles. The summed E-state index contributed by atoms with van der Waals surface area (Å²) in [6.07, 6.45) is 1.07. The summed E-state index contributed by atoms with van der Waals surface area (Å²) in [4.78, 5) is 4.75. The summed E-state index contributed by atoms with van der Waals surface area (Å²) in [6.45, 7) is 12.9. The first-order valence-corrected chi connectivity index (χ1v) is 9.16. The molecule has 1 atom stereocenters. The lowest BCUT2D eigenvalue weighted by molar-refractivity contribution is 0.624. The van der Waals surface area contributed by atoms with Crippen molar-refractivity contribution in [2.24, 2.45) is 4.99 Å². The summed E-state index contributed by atoms with van der Waals surface area (Å²) in [5, 5.41) is 11.5. The Morgan fingerprint density at radius 2 is 1.88 bits per heavy atom. The molecule has 2 rings (SSSR count). The highest BCUT2D eigenvalue weighted by Crippen LogP contribution is 2.16. The van der Waals surface area contributed by atoms with Crippen LogP contribution in [0.4, 0.5) is 0 Å². The highest BCUT2D eigenvalue weighted by molar-refractivity contribution is 14.0. The molecule has 144 valence electrons. The van der Waals surface area contributed by atoms with E-state index in [1.807, 2.05) is 6.07 Å². The van der Waals surface area contributed by atoms with Crippen molar-refractivity contribution in [1.82, 2.24) is 20.4 Å². The van der Waals surface area contributed by atoms with E-state index in [1.165, 1.54) is 16.8 Å². The molecule has 0 spiro atoms. The van der Waals surface area contributed by atoms with Crippen LogP contribution in [0.1, 0.15) is 49.7 Å². The number of nitrogens with one attached hydrogen (secondary N) is 2. The van der Waals surface area contributed by atoms with Gasteiger partial charge in [-0.25, -0.2) is 4.99 Å². The van der Waals surface area contributed by atoms with Gasteiger partial charge in [0.2, 0.25) is 0 Å². The molecule has 0 aliphatic heterocycles. The molecule has 5 nitrogen and oxygen atoms in total. The Morgan fingerprint density at radius 3 is 2.50 bits per heavy atom. The molecule has 0 bridgehead atoms. The molecular weight excluding hydrogens is 437 g/mol. The molecule has 0 radical (unpaired) electrons. The first-order valence-electron chi connectivity index (χ1n) is 9.16. The van der Waals surface area contributed by atoms with Crippen molar-refractivity contribution in [3.63, 3.8) is 0 Å². The van der Waals surface area contributed by atoms with Crippen molar-refractivity contribution in [2.45, 2.75) is 60.2 Å². The summed E-state index contributed by atoms with van der Waals surface area (Å²) in [5.74, 6) is 0.867. The fourth-order valence-electron chi connectivity index (χ4n) is 2.69. The monoisotopic (exact) mass is 469 g/mol. The van der Waals surface area contributed by atoms with Crippen LogP contribution in [-0.2, 0) is 13.1 Å². The average molecular weight is 469 g/mol. The fraction of sp³-hybridized carbons (Fsp3) is 0.500. The zero-order valence-electron chi connectivity index (χ0n) is 16.5. The van der Waals surface area contributed by atoms with Gasteiger partial charge in [0.25, 0.3) is 0 Å². The zero-order chi connectivity index (χ0) is 18.2. The van der Waals surface area contributed by atoms with Gasteiger partial charge in [-0.05, 0) is 39.7 Å². The summed E-state index contributed by atoms with van der Waals surface area (Å²) in [7, 11) is 0. The molecular formula is C20H32IN5. The molecule has 1 aromatic carbocycles. The van der Waals surface area contributed by atoms with E-state index in [1.54, 1.807) is 0 Å². The van der Waals surface area contributed by atoms with E-state index in [0.717, 1.165) is 31.2 Å². The maximum Gasteiger partial charge on any atom is 0.191 e. The normalized spacial score (nSPS) is 12.4. The van der Waals surface area contributed by atoms with Crippen molar-refractivity contribution in [1.29, 1.82) is 0 Å². The molecule has 0 aliphatic carbocycles. The number of aromatic nitrogens is 2. The van der Waals surface area contributed by atoms with E-state index in [9.17, 15) is 0 Å². The largest absolute Gasteiger partial charge is 0.357 e. The number of hydrogen-bond acceptors (Lipinski definition) is 2. The van der Waals surface area contributed by atoms with Crippen LogP contribution in [0.25, 0.3) is 0 Å². The predicted octanol–water partition coefficient (Wildman–Crippen LogP) is 4.02. The lowest BCUT2D eigenvalue weighted by Crippen LogP contribution is -2.41. The minimum absolute atomic E-state index is 0. The van der Waals surface area contributed by atoms with Gasteiger partial charge >= 0.3 is 0 Å². The van der Waals surface area contributed by atoms with Crippen LogP contribution >= 0.6 is 24.0 Å². The standard InChI is InChI=1S/C20H31N5.HI/c1-6-15(3)23-20(21-7-2)22-13-19-16(4)24-25(17(19)5)14-18-11-9-8-10-12-18;/h8-12,15H,6-7,13-14H2,1-5H3,(H2,21,22,23);1H. The van der Waals surface area contributed by atoms with Crippen LogP contribution < -0.4 is 10.6 Å². The van der Waals surface area contributed by atoms with Crippen molar-refractivity contribution >= 4 is 29.9 Å². The van der Waals surface area contributed by atoms with Crippen LogP contribution in [0.15, 0.2) is 35.3 Å². The van der Waals surface area contributed by atoms with Crippen LogP contribution in [-0.4, -0.2) is 28.3 Å². The van der Waals surface area contributed by atoms with Gasteiger partial charge in [0, 0.05) is 23.8 Å². The lowest BCUT2D eigenvalue weighted by Gasteiger charge is -2.16. The smallest absolute Gasteiger partial charge is 0.191 e. The average Bonchev–Trinajstić information content (AvgIpc) is 2.87. The third kappa shape index (κ3) is 6.30. The van der Waals surface area contributed by atoms with E-state index in [0.29, 0.717) is 12.6 Å². The Labute approximate surface area is 174 Å². The third-order valence-electron chi connectivity index (χ3n) is 4.44. The maximum absolute atomic E-state index is 4.75. The van der Waals surface area contributed by atoms with Crippen LogP contribution in [0, 0.1) is 13.8 Å². The van der Waals surface area contributed by atoms with Crippen molar-refractivity contribution in [2.75, 3.05) is 6.54 Å². The number of hydrogen-bond donors (Lipinski definition) is 2. The van der Waals surface area contributed by atoms with Crippen LogP contribution in [0.5, 0.6) is 0 Å². The number of guanidine groups is 1. The van der Waals surface area contributed by atoms with Crippen LogP contribution in [0.2, 0.25) is 0 Å². The van der Waals surface area contributed by atoms with Gasteiger partial charge in [-0.1, -0.05) is 37.3 Å². The number of aliphatic imine (C=N–C) groups is 1. The molecule has 0 aliphatic rings. The van der Waals surface area contributed by atoms with Crippen LogP contribution in [0.3, 0.4) is 0 Å². The molecule has 1 aromatic heterocycles. The summed E-state index contributed by atoms with van der Waals surface area (Å²) >= 11 is 0. The van der Waals surface area contributed by atoms with Gasteiger partial charge < -0.3 is 10.6 Å². The molecule has 0 saturated carbocycles. The molecule has 6 heteroatoms. The zero-order valence-corrected chi connectivity index (χ0v) is 18.9. The second kappa shape index (κ2) is 11.2. The minimum atomic E-state index is 0. The number of nitrogens with zero attached hydrogens (tertiary/aromatic N) is 3. The topological polar surface area (TPSA) is 54.2 Å². The van der Waals surface area contributed by atoms with E-state index in [4.69, 9.17) is 10.1 Å². The second-order valence-corrected chi connectivity index (χ2v) is 6.44. The number of aryl methyl sites for hydroxylation is 1. The summed E-state index contributed by atoms with van der Waals surface area (Å²) in [6, 6.07) is 10.8. The fourth-order valence-corrected chi connectivity index (χ4v) is 2.69. The van der Waals surface area contributed by atoms with E-state index >= 15 is 0 Å². The molecule has 0 fully saturated rings. The minimum Gasteiger partial charge on any atom is -0.357 e. The first-order chi connectivity index (χ1) is 12.0. The van der Waals surface area contributed by atoms with E-state index in [-0.39, 0.29) is 24.0 Å². The summed E-state index contributed by atoms with van der Waals surface area (Å²) < 4.78 is 2.07. The molecule has 1 unspecified atom stereocenters. The van der Waals surface area contributed by atoms with Crippen molar-refractivity contribution in [3.05, 3.63) is 52.8 Å². The van der Waals surface area contributed by atoms with Gasteiger partial charge in [-0.2, -0.15) is 5.10 Å². The maximum atomic E-state index is 4.75. The Balaban J connectivity index is 0.00000338. The Kier molecular flexibility index (Phi) is 9.69. The van der Waals surface area contributed by atoms with Gasteiger partial charge in [-0.3, -0.25) is 4.68 Å². The molecule has 26 heavy (non-hydrogen) atoms. The molecule has 0 amide bonds. The first kappa shape index (κ1) is 22.5. The van der Waals surface area contributed by atoms with Gasteiger partial charge in [0.15, 0.2) is 5.96 Å². The quantitative estimate of drug-likeness (QED) is 0.366. The van der Waals surface area contributed by atoms with Crippen molar-refractivity contribution in [3.8, 4) is 0 Å². The lowest BCUT2D eigenvalue weighted by atomic mass is 10.2. The van der Waals surface area contributed by atoms with Gasteiger partial charge in [-0.15, -0.1) is 24.0 Å². The Morgan fingerprint density at radius 1 is 1.19 bits per heavy atom. The van der Waals surface area contributed by atoms with Crippen molar-refractivity contribution < 1.29 is 0 Å².